The molecule has 1 saturated heterocycles. The van der Waals surface area contributed by atoms with Gasteiger partial charge in [0.25, 0.3) is 0 Å². The first-order chi connectivity index (χ1) is 15.5. The highest BCUT2D eigenvalue weighted by atomic mass is 35.5. The first kappa shape index (κ1) is 20.5. The first-order valence-electron chi connectivity index (χ1n) is 9.99. The summed E-state index contributed by atoms with van der Waals surface area (Å²) in [5, 5.41) is 23.0. The predicted octanol–water partition coefficient (Wildman–Crippen LogP) is 3.94. The largest absolute Gasteiger partial charge is 0.506 e. The van der Waals surface area contributed by atoms with Gasteiger partial charge < -0.3 is 15.3 Å². The molecule has 0 spiro atoms. The van der Waals surface area contributed by atoms with Crippen molar-refractivity contribution in [1.29, 1.82) is 0 Å². The molecular formula is C22H20ClN7OS. The Morgan fingerprint density at radius 2 is 1.88 bits per heavy atom. The summed E-state index contributed by atoms with van der Waals surface area (Å²) in [7, 11) is 0. The average Bonchev–Trinajstić information content (AvgIpc) is 3.48. The Kier molecular flexibility index (Phi) is 5.07. The van der Waals surface area contributed by atoms with E-state index >= 15 is 0 Å². The molecule has 0 unspecified atom stereocenters. The molecule has 8 nitrogen and oxygen atoms in total. The average molecular weight is 466 g/mol. The van der Waals surface area contributed by atoms with Gasteiger partial charge in [0.05, 0.1) is 23.5 Å². The monoisotopic (exact) mass is 465 g/mol. The van der Waals surface area contributed by atoms with Gasteiger partial charge in [0.15, 0.2) is 5.11 Å². The van der Waals surface area contributed by atoms with E-state index < -0.39 is 0 Å². The highest BCUT2D eigenvalue weighted by molar-refractivity contribution is 7.80. The smallest absolute Gasteiger partial charge is 0.174 e. The van der Waals surface area contributed by atoms with Crippen molar-refractivity contribution in [3.05, 3.63) is 89.0 Å². The molecule has 0 aliphatic carbocycles. The minimum absolute atomic E-state index is 0.0952. The number of anilines is 1. The lowest BCUT2D eigenvalue weighted by atomic mass is 9.96. The third kappa shape index (κ3) is 3.30. The zero-order chi connectivity index (χ0) is 22.4. The van der Waals surface area contributed by atoms with E-state index in [2.05, 4.69) is 26.6 Å². The number of rotatable bonds is 4. The number of aromatic hydroxyl groups is 1. The molecule has 0 radical (unpaired) electrons. The van der Waals surface area contributed by atoms with Crippen molar-refractivity contribution in [1.82, 2.24) is 29.9 Å². The fraction of sp³-hybridized carbons (Fsp3) is 0.182. The van der Waals surface area contributed by atoms with E-state index in [1.54, 1.807) is 37.1 Å². The van der Waals surface area contributed by atoms with Crippen molar-refractivity contribution in [2.24, 2.45) is 0 Å². The van der Waals surface area contributed by atoms with Gasteiger partial charge in [-0.15, -0.1) is 10.2 Å². The summed E-state index contributed by atoms with van der Waals surface area (Å²) in [6.07, 6.45) is 5.06. The molecule has 2 N–H and O–H groups in total. The van der Waals surface area contributed by atoms with Gasteiger partial charge in [0.2, 0.25) is 0 Å². The standard InChI is InChI=1S/C22H20ClN7OS/c1-13-9-16(14(2)30(13)28-11-25-26-12-28)21-20(17-5-3-4-8-24-17)27-22(32)29(21)18-10-15(23)6-7-19(18)31/h3-12,20-21,31H,1-2H3,(H,27,32)/t20-,21+/m1/s1. The number of pyridine rings is 1. The molecule has 1 aromatic carbocycles. The van der Waals surface area contributed by atoms with Gasteiger partial charge in [-0.2, -0.15) is 0 Å². The van der Waals surface area contributed by atoms with Crippen molar-refractivity contribution < 1.29 is 5.11 Å². The fourth-order valence-electron chi connectivity index (χ4n) is 4.35. The number of hydrogen-bond donors (Lipinski definition) is 2. The Morgan fingerprint density at radius 3 is 2.59 bits per heavy atom. The minimum Gasteiger partial charge on any atom is -0.506 e. The lowest BCUT2D eigenvalue weighted by molar-refractivity contribution is 0.472. The quantitative estimate of drug-likeness (QED) is 0.441. The number of nitrogens with one attached hydrogen (secondary N) is 1. The second-order valence-electron chi connectivity index (χ2n) is 7.61. The van der Waals surface area contributed by atoms with E-state index in [1.165, 1.54) is 0 Å². The van der Waals surface area contributed by atoms with Crippen LogP contribution in [0.3, 0.4) is 0 Å². The van der Waals surface area contributed by atoms with Crippen molar-refractivity contribution >= 4 is 34.6 Å². The van der Waals surface area contributed by atoms with Gasteiger partial charge in [-0.3, -0.25) is 9.66 Å². The van der Waals surface area contributed by atoms with E-state index in [-0.39, 0.29) is 17.8 Å². The summed E-state index contributed by atoms with van der Waals surface area (Å²) >= 11 is 12.0. The Balaban J connectivity index is 1.71. The maximum atomic E-state index is 10.7. The van der Waals surface area contributed by atoms with Crippen LogP contribution in [0, 0.1) is 13.8 Å². The minimum atomic E-state index is -0.279. The molecular weight excluding hydrogens is 446 g/mol. The lowest BCUT2D eigenvalue weighted by Crippen LogP contribution is -2.29. The van der Waals surface area contributed by atoms with E-state index in [0.717, 1.165) is 22.6 Å². The molecule has 1 aliphatic rings. The fourth-order valence-corrected chi connectivity index (χ4v) is 4.86. The summed E-state index contributed by atoms with van der Waals surface area (Å²) in [6, 6.07) is 12.3. The Labute approximate surface area is 195 Å². The number of aromatic nitrogens is 5. The predicted molar refractivity (Wildman–Crippen MR) is 126 cm³/mol. The molecule has 4 heterocycles. The van der Waals surface area contributed by atoms with Crippen molar-refractivity contribution in [3.8, 4) is 5.75 Å². The molecule has 0 amide bonds. The number of nitrogens with zero attached hydrogens (tertiary/aromatic N) is 6. The summed E-state index contributed by atoms with van der Waals surface area (Å²) < 4.78 is 3.86. The van der Waals surface area contributed by atoms with Crippen LogP contribution < -0.4 is 10.2 Å². The molecule has 1 fully saturated rings. The van der Waals surface area contributed by atoms with Crippen molar-refractivity contribution in [3.63, 3.8) is 0 Å². The molecule has 5 rings (SSSR count). The molecule has 32 heavy (non-hydrogen) atoms. The normalized spacial score (nSPS) is 18.2. The molecule has 0 saturated carbocycles. The Morgan fingerprint density at radius 1 is 1.09 bits per heavy atom. The molecule has 10 heteroatoms. The van der Waals surface area contributed by atoms with E-state index in [1.807, 2.05) is 46.3 Å². The van der Waals surface area contributed by atoms with E-state index in [9.17, 15) is 5.11 Å². The second kappa shape index (κ2) is 7.92. The number of phenols is 1. The van der Waals surface area contributed by atoms with Crippen LogP contribution in [0.15, 0.2) is 61.3 Å². The molecule has 0 bridgehead atoms. The van der Waals surface area contributed by atoms with Gasteiger partial charge in [-0.05, 0) is 62.5 Å². The van der Waals surface area contributed by atoms with Gasteiger partial charge in [0, 0.05) is 28.2 Å². The molecule has 162 valence electrons. The SMILES string of the molecule is Cc1cc([C@H]2[C@@H](c3ccccn3)NC(=S)N2c2cc(Cl)ccc2O)c(C)n1-n1cnnc1. The summed E-state index contributed by atoms with van der Waals surface area (Å²) in [5.74, 6) is 0.0952. The number of phenolic OH excluding ortho intramolecular Hbond substituents is 1. The van der Waals surface area contributed by atoms with Gasteiger partial charge in [-0.25, -0.2) is 4.68 Å². The topological polar surface area (TPSA) is 84.0 Å². The summed E-state index contributed by atoms with van der Waals surface area (Å²) in [4.78, 5) is 6.49. The van der Waals surface area contributed by atoms with Crippen LogP contribution in [0.1, 0.15) is 34.7 Å². The van der Waals surface area contributed by atoms with Crippen LogP contribution in [0.4, 0.5) is 5.69 Å². The molecule has 4 aromatic rings. The molecule has 3 aromatic heterocycles. The zero-order valence-electron chi connectivity index (χ0n) is 17.3. The van der Waals surface area contributed by atoms with Crippen LogP contribution in [0.25, 0.3) is 0 Å². The highest BCUT2D eigenvalue weighted by Gasteiger charge is 2.43. The van der Waals surface area contributed by atoms with Crippen LogP contribution in [0.5, 0.6) is 5.75 Å². The highest BCUT2D eigenvalue weighted by Crippen LogP contribution is 2.46. The number of hydrogen-bond acceptors (Lipinski definition) is 5. The van der Waals surface area contributed by atoms with E-state index in [0.29, 0.717) is 15.8 Å². The first-order valence-corrected chi connectivity index (χ1v) is 10.8. The number of halogens is 1. The number of aryl methyl sites for hydroxylation is 1. The maximum absolute atomic E-state index is 10.7. The van der Waals surface area contributed by atoms with Crippen molar-refractivity contribution in [2.45, 2.75) is 25.9 Å². The molecule has 1 aliphatic heterocycles. The maximum Gasteiger partial charge on any atom is 0.174 e. The lowest BCUT2D eigenvalue weighted by Gasteiger charge is -2.28. The number of thiocarbonyl (C=S) groups is 1. The molecule has 2 atom stereocenters. The van der Waals surface area contributed by atoms with Crippen LogP contribution >= 0.6 is 23.8 Å². The number of benzene rings is 1. The van der Waals surface area contributed by atoms with Gasteiger partial charge in [-0.1, -0.05) is 17.7 Å². The third-order valence-corrected chi connectivity index (χ3v) is 6.23. The third-order valence-electron chi connectivity index (χ3n) is 5.69. The van der Waals surface area contributed by atoms with Crippen molar-refractivity contribution in [2.75, 3.05) is 4.90 Å². The Hall–Kier alpha value is -3.43. The van der Waals surface area contributed by atoms with Crippen LogP contribution in [-0.4, -0.2) is 34.8 Å². The zero-order valence-corrected chi connectivity index (χ0v) is 18.9. The Bertz CT molecular complexity index is 1290. The second-order valence-corrected chi connectivity index (χ2v) is 8.43. The summed E-state index contributed by atoms with van der Waals surface area (Å²) in [6.45, 7) is 4.06. The van der Waals surface area contributed by atoms with Gasteiger partial charge in [0.1, 0.15) is 18.4 Å². The van der Waals surface area contributed by atoms with Crippen LogP contribution in [-0.2, 0) is 0 Å². The van der Waals surface area contributed by atoms with Gasteiger partial charge >= 0.3 is 0 Å². The summed E-state index contributed by atoms with van der Waals surface area (Å²) in [5.41, 5.74) is 4.40. The van der Waals surface area contributed by atoms with E-state index in [4.69, 9.17) is 23.8 Å². The van der Waals surface area contributed by atoms with Crippen LogP contribution in [0.2, 0.25) is 5.02 Å².